The van der Waals surface area contributed by atoms with E-state index in [1.807, 2.05) is 0 Å². The summed E-state index contributed by atoms with van der Waals surface area (Å²) in [4.78, 5) is 22.9. The number of aliphatic carboxylic acids is 1. The summed E-state index contributed by atoms with van der Waals surface area (Å²) in [5.74, 6) is -0.719. The van der Waals surface area contributed by atoms with Crippen LogP contribution in [-0.4, -0.2) is 24.1 Å². The summed E-state index contributed by atoms with van der Waals surface area (Å²) in [7, 11) is 1.50. The van der Waals surface area contributed by atoms with Gasteiger partial charge in [0.1, 0.15) is 5.75 Å². The zero-order valence-electron chi connectivity index (χ0n) is 11.8. The third-order valence-corrected chi connectivity index (χ3v) is 3.47. The van der Waals surface area contributed by atoms with Crippen molar-refractivity contribution in [2.75, 3.05) is 12.4 Å². The largest absolute Gasteiger partial charge is 0.496 e. The zero-order chi connectivity index (χ0) is 16.1. The number of carbonyl (C=O) groups is 2. The summed E-state index contributed by atoms with van der Waals surface area (Å²) in [5.41, 5.74) is 1.66. The number of benzene rings is 2. The Hall–Kier alpha value is -2.34. The maximum atomic E-state index is 12.3. The van der Waals surface area contributed by atoms with E-state index < -0.39 is 5.97 Å². The molecule has 6 heteroatoms. The fraction of sp³-hybridized carbons (Fsp3) is 0.125. The van der Waals surface area contributed by atoms with Gasteiger partial charge in [-0.15, -0.1) is 0 Å². The number of carboxylic acid groups (broad SMARTS) is 1. The van der Waals surface area contributed by atoms with Crippen molar-refractivity contribution in [1.82, 2.24) is 0 Å². The van der Waals surface area contributed by atoms with Crippen LogP contribution < -0.4 is 10.1 Å². The Morgan fingerprint density at radius 2 is 1.86 bits per heavy atom. The highest BCUT2D eigenvalue weighted by Gasteiger charge is 2.13. The molecular formula is C16H14BrNO4. The molecule has 0 saturated carbocycles. The van der Waals surface area contributed by atoms with Gasteiger partial charge in [0.25, 0.3) is 5.91 Å². The van der Waals surface area contributed by atoms with Crippen LogP contribution in [0.1, 0.15) is 15.9 Å². The van der Waals surface area contributed by atoms with Crippen molar-refractivity contribution < 1.29 is 19.4 Å². The maximum absolute atomic E-state index is 12.3. The van der Waals surface area contributed by atoms with Gasteiger partial charge in [-0.2, -0.15) is 0 Å². The van der Waals surface area contributed by atoms with Crippen molar-refractivity contribution in [3.05, 3.63) is 58.1 Å². The lowest BCUT2D eigenvalue weighted by molar-refractivity contribution is -0.136. The molecular weight excluding hydrogens is 350 g/mol. The molecule has 0 heterocycles. The van der Waals surface area contributed by atoms with Crippen LogP contribution >= 0.6 is 15.9 Å². The van der Waals surface area contributed by atoms with E-state index in [2.05, 4.69) is 21.2 Å². The normalized spacial score (nSPS) is 10.1. The Bertz CT molecular complexity index is 698. The van der Waals surface area contributed by atoms with Crippen LogP contribution in [-0.2, 0) is 11.2 Å². The third kappa shape index (κ3) is 4.08. The first-order valence-corrected chi connectivity index (χ1v) is 7.24. The van der Waals surface area contributed by atoms with Crippen molar-refractivity contribution in [1.29, 1.82) is 0 Å². The number of ether oxygens (including phenoxy) is 1. The Morgan fingerprint density at radius 1 is 1.18 bits per heavy atom. The molecule has 1 amide bonds. The van der Waals surface area contributed by atoms with Gasteiger partial charge in [-0.05, 0) is 35.9 Å². The van der Waals surface area contributed by atoms with E-state index >= 15 is 0 Å². The van der Waals surface area contributed by atoms with E-state index in [4.69, 9.17) is 9.84 Å². The third-order valence-electron chi connectivity index (χ3n) is 2.97. The molecule has 2 aromatic rings. The number of hydrogen-bond donors (Lipinski definition) is 2. The molecule has 0 aliphatic heterocycles. The first kappa shape index (κ1) is 16.0. The molecule has 0 atom stereocenters. The molecule has 2 N–H and O–H groups in total. The quantitative estimate of drug-likeness (QED) is 0.853. The summed E-state index contributed by atoms with van der Waals surface area (Å²) < 4.78 is 5.95. The summed E-state index contributed by atoms with van der Waals surface area (Å²) >= 11 is 3.32. The second kappa shape index (κ2) is 7.09. The lowest BCUT2D eigenvalue weighted by Gasteiger charge is -2.10. The molecule has 5 nitrogen and oxygen atoms in total. The molecule has 0 fully saturated rings. The van der Waals surface area contributed by atoms with Crippen molar-refractivity contribution in [2.24, 2.45) is 0 Å². The minimum absolute atomic E-state index is 0.0479. The number of carbonyl (C=O) groups excluding carboxylic acids is 1. The van der Waals surface area contributed by atoms with Crippen LogP contribution in [0.25, 0.3) is 0 Å². The molecule has 0 aromatic heterocycles. The molecule has 114 valence electrons. The molecule has 0 aliphatic rings. The zero-order valence-corrected chi connectivity index (χ0v) is 13.4. The van der Waals surface area contributed by atoms with Crippen LogP contribution in [0.4, 0.5) is 5.69 Å². The Labute approximate surface area is 136 Å². The average Bonchev–Trinajstić information content (AvgIpc) is 2.48. The fourth-order valence-corrected chi connectivity index (χ4v) is 2.30. The highest BCUT2D eigenvalue weighted by molar-refractivity contribution is 9.10. The van der Waals surface area contributed by atoms with Crippen LogP contribution in [0.3, 0.4) is 0 Å². The standard InChI is InChI=1S/C16H14BrNO4/c1-22-14-7-4-11(17)9-13(14)16(21)18-12-5-2-10(3-6-12)8-15(19)20/h2-7,9H,8H2,1H3,(H,18,21)(H,19,20). The van der Waals surface area contributed by atoms with Gasteiger partial charge in [0.15, 0.2) is 0 Å². The summed E-state index contributed by atoms with van der Waals surface area (Å²) in [6, 6.07) is 11.8. The first-order valence-electron chi connectivity index (χ1n) is 6.45. The number of hydrogen-bond acceptors (Lipinski definition) is 3. The fourth-order valence-electron chi connectivity index (χ4n) is 1.94. The van der Waals surface area contributed by atoms with Crippen molar-refractivity contribution in [2.45, 2.75) is 6.42 Å². The summed E-state index contributed by atoms with van der Waals surface area (Å²) in [6.45, 7) is 0. The molecule has 2 rings (SSSR count). The number of anilines is 1. The van der Waals surface area contributed by atoms with Crippen molar-refractivity contribution in [3.8, 4) is 5.75 Å². The molecule has 0 radical (unpaired) electrons. The van der Waals surface area contributed by atoms with Gasteiger partial charge in [0.2, 0.25) is 0 Å². The second-order valence-electron chi connectivity index (χ2n) is 4.57. The average molecular weight is 364 g/mol. The molecule has 2 aromatic carbocycles. The van der Waals surface area contributed by atoms with Crippen molar-refractivity contribution >= 4 is 33.5 Å². The van der Waals surface area contributed by atoms with E-state index in [0.29, 0.717) is 22.6 Å². The Balaban J connectivity index is 2.15. The number of nitrogens with one attached hydrogen (secondary N) is 1. The van der Waals surface area contributed by atoms with Crippen LogP contribution in [0, 0.1) is 0 Å². The monoisotopic (exact) mass is 363 g/mol. The highest BCUT2D eigenvalue weighted by Crippen LogP contribution is 2.24. The predicted octanol–water partition coefficient (Wildman–Crippen LogP) is 3.34. The van der Waals surface area contributed by atoms with Gasteiger partial charge < -0.3 is 15.2 Å². The molecule has 0 saturated heterocycles. The lowest BCUT2D eigenvalue weighted by atomic mass is 10.1. The molecule has 0 unspecified atom stereocenters. The van der Waals surface area contributed by atoms with E-state index in [-0.39, 0.29) is 12.3 Å². The minimum Gasteiger partial charge on any atom is -0.496 e. The van der Waals surface area contributed by atoms with Gasteiger partial charge in [-0.3, -0.25) is 9.59 Å². The van der Waals surface area contributed by atoms with Gasteiger partial charge in [0, 0.05) is 10.2 Å². The van der Waals surface area contributed by atoms with E-state index in [0.717, 1.165) is 4.47 Å². The molecule has 0 aliphatic carbocycles. The number of methoxy groups -OCH3 is 1. The number of halogens is 1. The minimum atomic E-state index is -0.893. The topological polar surface area (TPSA) is 75.6 Å². The first-order chi connectivity index (χ1) is 10.5. The predicted molar refractivity (Wildman–Crippen MR) is 86.4 cm³/mol. The number of amides is 1. The second-order valence-corrected chi connectivity index (χ2v) is 5.48. The molecule has 0 bridgehead atoms. The lowest BCUT2D eigenvalue weighted by Crippen LogP contribution is -2.13. The van der Waals surface area contributed by atoms with Gasteiger partial charge in [-0.25, -0.2) is 0 Å². The smallest absolute Gasteiger partial charge is 0.307 e. The van der Waals surface area contributed by atoms with Crippen molar-refractivity contribution in [3.63, 3.8) is 0 Å². The van der Waals surface area contributed by atoms with Crippen LogP contribution in [0.15, 0.2) is 46.9 Å². The SMILES string of the molecule is COc1ccc(Br)cc1C(=O)Nc1ccc(CC(=O)O)cc1. The molecule has 22 heavy (non-hydrogen) atoms. The van der Waals surface area contributed by atoms with Gasteiger partial charge in [-0.1, -0.05) is 28.1 Å². The number of carboxylic acids is 1. The van der Waals surface area contributed by atoms with Gasteiger partial charge in [0.05, 0.1) is 19.1 Å². The summed E-state index contributed by atoms with van der Waals surface area (Å²) in [5, 5.41) is 11.5. The van der Waals surface area contributed by atoms with E-state index in [1.165, 1.54) is 7.11 Å². The van der Waals surface area contributed by atoms with Crippen LogP contribution in [0.2, 0.25) is 0 Å². The highest BCUT2D eigenvalue weighted by atomic mass is 79.9. The molecule has 0 spiro atoms. The Morgan fingerprint density at radius 3 is 2.45 bits per heavy atom. The van der Waals surface area contributed by atoms with Gasteiger partial charge >= 0.3 is 5.97 Å². The van der Waals surface area contributed by atoms with E-state index in [1.54, 1.807) is 42.5 Å². The van der Waals surface area contributed by atoms with Crippen LogP contribution in [0.5, 0.6) is 5.75 Å². The summed E-state index contributed by atoms with van der Waals surface area (Å²) in [6.07, 6.45) is -0.0479. The van der Waals surface area contributed by atoms with E-state index in [9.17, 15) is 9.59 Å². The Kier molecular flexibility index (Phi) is 5.16. The number of rotatable bonds is 5. The maximum Gasteiger partial charge on any atom is 0.307 e.